The number of rotatable bonds is 21. The Kier molecular flexibility index (Phi) is 19.1. The summed E-state index contributed by atoms with van der Waals surface area (Å²) >= 11 is 0. The molecule has 0 aliphatic heterocycles. The largest absolute Gasteiger partial charge is 0.504 e. The number of carbonyl (C=O) groups excluding carboxylic acids is 2. The maximum atomic E-state index is 12.3. The minimum atomic E-state index is -1.23. The topological polar surface area (TPSA) is 156 Å². The van der Waals surface area contributed by atoms with Gasteiger partial charge in [0.15, 0.2) is 17.2 Å². The van der Waals surface area contributed by atoms with Gasteiger partial charge >= 0.3 is 5.97 Å². The normalized spacial score (nSPS) is 12.7. The molecule has 230 valence electrons. The SMILES string of the molecule is CC/C=C\C/C=C\C/C=C\C/C=C\C/C=C\CCCC(=O)NCCCCC(NC(=O)c1cc(O)c(O)c(O)c1)C(=O)O. The number of aromatic hydroxyl groups is 3. The molecule has 1 aromatic rings. The van der Waals surface area contributed by atoms with Gasteiger partial charge in [0.25, 0.3) is 5.91 Å². The second-order valence-electron chi connectivity index (χ2n) is 9.67. The molecule has 1 atom stereocenters. The maximum absolute atomic E-state index is 12.3. The van der Waals surface area contributed by atoms with Crippen LogP contribution >= 0.6 is 0 Å². The van der Waals surface area contributed by atoms with Crippen molar-refractivity contribution in [2.45, 2.75) is 83.6 Å². The Bertz CT molecular complexity index is 1100. The predicted octanol–water partition coefficient (Wildman–Crippen LogP) is 6.19. The first-order valence-corrected chi connectivity index (χ1v) is 14.6. The summed E-state index contributed by atoms with van der Waals surface area (Å²) in [5.74, 6) is -4.25. The van der Waals surface area contributed by atoms with E-state index in [2.05, 4.69) is 78.3 Å². The van der Waals surface area contributed by atoms with Crippen molar-refractivity contribution in [1.29, 1.82) is 0 Å². The van der Waals surface area contributed by atoms with Crippen molar-refractivity contribution < 1.29 is 34.8 Å². The lowest BCUT2D eigenvalue weighted by molar-refractivity contribution is -0.139. The van der Waals surface area contributed by atoms with Crippen LogP contribution in [0.3, 0.4) is 0 Å². The lowest BCUT2D eigenvalue weighted by Gasteiger charge is -2.15. The molecule has 0 aromatic heterocycles. The summed E-state index contributed by atoms with van der Waals surface area (Å²) in [5, 5.41) is 43.0. The average molecular weight is 583 g/mol. The Morgan fingerprint density at radius 3 is 1.81 bits per heavy atom. The van der Waals surface area contributed by atoms with Crippen LogP contribution in [-0.2, 0) is 9.59 Å². The Morgan fingerprint density at radius 2 is 1.29 bits per heavy atom. The van der Waals surface area contributed by atoms with Gasteiger partial charge in [-0.25, -0.2) is 4.79 Å². The molecule has 0 bridgehead atoms. The number of hydrogen-bond donors (Lipinski definition) is 6. The van der Waals surface area contributed by atoms with Crippen LogP contribution in [0.2, 0.25) is 0 Å². The molecule has 0 fully saturated rings. The van der Waals surface area contributed by atoms with Gasteiger partial charge in [0, 0.05) is 18.5 Å². The number of carboxylic acids is 1. The highest BCUT2D eigenvalue weighted by Crippen LogP contribution is 2.35. The third-order valence-electron chi connectivity index (χ3n) is 6.11. The number of phenols is 3. The summed E-state index contributed by atoms with van der Waals surface area (Å²) in [6.07, 6.45) is 29.4. The van der Waals surface area contributed by atoms with Gasteiger partial charge in [-0.15, -0.1) is 0 Å². The first-order valence-electron chi connectivity index (χ1n) is 14.6. The smallest absolute Gasteiger partial charge is 0.326 e. The number of amides is 2. The van der Waals surface area contributed by atoms with Gasteiger partial charge in [0.05, 0.1) is 0 Å². The molecule has 1 rings (SSSR count). The van der Waals surface area contributed by atoms with E-state index in [1.807, 2.05) is 0 Å². The Hall–Kier alpha value is -4.27. The van der Waals surface area contributed by atoms with E-state index >= 15 is 0 Å². The van der Waals surface area contributed by atoms with Crippen LogP contribution in [0, 0.1) is 0 Å². The highest BCUT2D eigenvalue weighted by Gasteiger charge is 2.22. The van der Waals surface area contributed by atoms with E-state index in [1.165, 1.54) is 0 Å². The molecule has 6 N–H and O–H groups in total. The molecule has 0 aliphatic rings. The van der Waals surface area contributed by atoms with Crippen molar-refractivity contribution >= 4 is 17.8 Å². The number of nitrogens with one attached hydrogen (secondary N) is 2. The van der Waals surface area contributed by atoms with E-state index < -0.39 is 35.2 Å². The van der Waals surface area contributed by atoms with Crippen LogP contribution in [0.25, 0.3) is 0 Å². The third-order valence-corrected chi connectivity index (χ3v) is 6.11. The van der Waals surface area contributed by atoms with Crippen molar-refractivity contribution in [3.63, 3.8) is 0 Å². The highest BCUT2D eigenvalue weighted by atomic mass is 16.4. The number of benzene rings is 1. The van der Waals surface area contributed by atoms with E-state index in [-0.39, 0.29) is 17.9 Å². The fourth-order valence-electron chi connectivity index (χ4n) is 3.77. The molecule has 1 unspecified atom stereocenters. The third kappa shape index (κ3) is 16.7. The summed E-state index contributed by atoms with van der Waals surface area (Å²) in [4.78, 5) is 35.8. The van der Waals surface area contributed by atoms with E-state index in [9.17, 15) is 34.8 Å². The quantitative estimate of drug-likeness (QED) is 0.0573. The van der Waals surface area contributed by atoms with E-state index in [4.69, 9.17) is 0 Å². The van der Waals surface area contributed by atoms with E-state index in [1.54, 1.807) is 0 Å². The van der Waals surface area contributed by atoms with Crippen LogP contribution in [-0.4, -0.2) is 50.8 Å². The lowest BCUT2D eigenvalue weighted by atomic mass is 10.1. The summed E-state index contributed by atoms with van der Waals surface area (Å²) in [7, 11) is 0. The molecule has 0 aliphatic carbocycles. The Balaban J connectivity index is 2.13. The highest BCUT2D eigenvalue weighted by molar-refractivity contribution is 5.97. The van der Waals surface area contributed by atoms with Crippen molar-refractivity contribution in [2.24, 2.45) is 0 Å². The molecule has 9 nitrogen and oxygen atoms in total. The average Bonchev–Trinajstić information content (AvgIpc) is 2.96. The van der Waals surface area contributed by atoms with Crippen LogP contribution in [0.15, 0.2) is 72.9 Å². The number of allylic oxidation sites excluding steroid dienone is 10. The van der Waals surface area contributed by atoms with Crippen molar-refractivity contribution in [3.8, 4) is 17.2 Å². The van der Waals surface area contributed by atoms with E-state index in [0.717, 1.165) is 57.1 Å². The zero-order valence-electron chi connectivity index (χ0n) is 24.5. The first-order chi connectivity index (χ1) is 20.3. The number of carbonyl (C=O) groups is 3. The van der Waals surface area contributed by atoms with Crippen molar-refractivity contribution in [3.05, 3.63) is 78.5 Å². The van der Waals surface area contributed by atoms with E-state index in [0.29, 0.717) is 25.8 Å². The fraction of sp³-hybridized carbons (Fsp3) is 0.424. The van der Waals surface area contributed by atoms with Crippen LogP contribution in [0.5, 0.6) is 17.2 Å². The molecular weight excluding hydrogens is 536 g/mol. The van der Waals surface area contributed by atoms with Gasteiger partial charge in [0.2, 0.25) is 5.91 Å². The molecule has 0 saturated heterocycles. The molecule has 0 radical (unpaired) electrons. The van der Waals surface area contributed by atoms with Crippen molar-refractivity contribution in [2.75, 3.05) is 6.54 Å². The second kappa shape index (κ2) is 22.4. The summed E-state index contributed by atoms with van der Waals surface area (Å²) in [6, 6.07) is 0.677. The summed E-state index contributed by atoms with van der Waals surface area (Å²) in [6.45, 7) is 2.53. The number of unbranched alkanes of at least 4 members (excludes halogenated alkanes) is 2. The first kappa shape index (κ1) is 35.8. The summed E-state index contributed by atoms with van der Waals surface area (Å²) < 4.78 is 0. The lowest BCUT2D eigenvalue weighted by Crippen LogP contribution is -2.40. The fourth-order valence-corrected chi connectivity index (χ4v) is 3.77. The zero-order chi connectivity index (χ0) is 31.0. The van der Waals surface area contributed by atoms with Crippen molar-refractivity contribution in [1.82, 2.24) is 10.6 Å². The Morgan fingerprint density at radius 1 is 0.762 bits per heavy atom. The second-order valence-corrected chi connectivity index (χ2v) is 9.67. The zero-order valence-corrected chi connectivity index (χ0v) is 24.5. The van der Waals surface area contributed by atoms with Crippen LogP contribution < -0.4 is 10.6 Å². The number of hydrogen-bond acceptors (Lipinski definition) is 6. The molecule has 0 spiro atoms. The van der Waals surface area contributed by atoms with Crippen LogP contribution in [0.1, 0.15) is 87.9 Å². The number of phenolic OH excluding ortho intramolecular Hbond substituents is 3. The van der Waals surface area contributed by atoms with Gasteiger partial charge < -0.3 is 31.1 Å². The summed E-state index contributed by atoms with van der Waals surface area (Å²) in [5.41, 5.74) is -0.189. The molecular formula is C33H46N2O7. The minimum absolute atomic E-state index is 0.0580. The standard InChI is InChI=1S/C33H46N2O7/c1-2-3-4-5-6-7-8-9-10-11-12-13-14-15-16-17-18-22-30(38)34-23-20-19-21-27(33(41)42)35-32(40)26-24-28(36)31(39)29(37)25-26/h3-4,6-7,9-10,12-13,15-16,24-25,27,36-37,39H,2,5,8,11,14,17-23H2,1H3,(H,34,38)(H,35,40)(H,41,42)/b4-3-,7-6-,10-9-,13-12-,16-15-. The molecule has 0 saturated carbocycles. The van der Waals surface area contributed by atoms with Gasteiger partial charge in [-0.2, -0.15) is 0 Å². The molecule has 2 amide bonds. The molecule has 1 aromatic carbocycles. The Labute approximate surface area is 249 Å². The monoisotopic (exact) mass is 582 g/mol. The minimum Gasteiger partial charge on any atom is -0.504 e. The maximum Gasteiger partial charge on any atom is 0.326 e. The van der Waals surface area contributed by atoms with Gasteiger partial charge in [-0.05, 0) is 76.3 Å². The molecule has 42 heavy (non-hydrogen) atoms. The van der Waals surface area contributed by atoms with Crippen LogP contribution in [0.4, 0.5) is 0 Å². The van der Waals surface area contributed by atoms with Gasteiger partial charge in [0.1, 0.15) is 6.04 Å². The predicted molar refractivity (Wildman–Crippen MR) is 165 cm³/mol. The molecule has 0 heterocycles. The number of aliphatic carboxylic acids is 1. The van der Waals surface area contributed by atoms with Gasteiger partial charge in [-0.3, -0.25) is 9.59 Å². The number of carboxylic acid groups (broad SMARTS) is 1. The van der Waals surface area contributed by atoms with Gasteiger partial charge in [-0.1, -0.05) is 67.7 Å². The molecule has 9 heteroatoms.